The number of para-hydroxylation sites is 2. The molecule has 2 aromatic rings. The summed E-state index contributed by atoms with van der Waals surface area (Å²) in [6, 6.07) is 16.6. The van der Waals surface area contributed by atoms with Gasteiger partial charge >= 0.3 is 18.1 Å². The van der Waals surface area contributed by atoms with Gasteiger partial charge in [0.2, 0.25) is 0 Å². The Kier molecular flexibility index (Phi) is 5.64. The Hall–Kier alpha value is -3.75. The fourth-order valence-corrected chi connectivity index (χ4v) is 2.91. The van der Waals surface area contributed by atoms with E-state index >= 15 is 0 Å². The molecule has 0 aromatic heterocycles. The monoisotopic (exact) mass is 382 g/mol. The maximum atomic E-state index is 12.3. The van der Waals surface area contributed by atoms with Crippen LogP contribution < -0.4 is 21.3 Å². The lowest BCUT2D eigenvalue weighted by atomic mass is 10.3. The van der Waals surface area contributed by atoms with Crippen LogP contribution in [0.2, 0.25) is 0 Å². The van der Waals surface area contributed by atoms with Crippen molar-refractivity contribution in [2.45, 2.75) is 12.3 Å². The number of carbonyl (C=O) groups is 3. The summed E-state index contributed by atoms with van der Waals surface area (Å²) in [7, 11) is 3.12. The molecule has 0 aliphatic carbocycles. The molecule has 1 heterocycles. The van der Waals surface area contributed by atoms with Crippen molar-refractivity contribution < 1.29 is 14.4 Å². The zero-order chi connectivity index (χ0) is 20.1. The third kappa shape index (κ3) is 4.32. The van der Waals surface area contributed by atoms with Crippen LogP contribution in [0.5, 0.6) is 0 Å². The van der Waals surface area contributed by atoms with Crippen molar-refractivity contribution in [1.29, 1.82) is 0 Å². The topological polar surface area (TPSA) is 106 Å². The Morgan fingerprint density at radius 1 is 0.714 bits per heavy atom. The Labute approximate surface area is 162 Å². The van der Waals surface area contributed by atoms with Gasteiger partial charge in [-0.2, -0.15) is 0 Å². The third-order valence-corrected chi connectivity index (χ3v) is 4.36. The van der Waals surface area contributed by atoms with Crippen LogP contribution >= 0.6 is 0 Å². The number of anilines is 2. The molecule has 146 valence electrons. The molecule has 1 saturated heterocycles. The first kappa shape index (κ1) is 19.0. The van der Waals surface area contributed by atoms with E-state index in [1.165, 1.54) is 9.80 Å². The molecule has 0 unspecified atom stereocenters. The van der Waals surface area contributed by atoms with Gasteiger partial charge in [0.1, 0.15) is 12.3 Å². The predicted octanol–water partition coefficient (Wildman–Crippen LogP) is 2.28. The van der Waals surface area contributed by atoms with E-state index in [-0.39, 0.29) is 6.03 Å². The van der Waals surface area contributed by atoms with Crippen molar-refractivity contribution in [2.24, 2.45) is 0 Å². The van der Waals surface area contributed by atoms with E-state index in [1.807, 2.05) is 12.1 Å². The number of nitrogens with one attached hydrogen (secondary N) is 4. The highest BCUT2D eigenvalue weighted by Gasteiger charge is 2.43. The first-order valence-electron chi connectivity index (χ1n) is 8.70. The van der Waals surface area contributed by atoms with Gasteiger partial charge < -0.3 is 31.1 Å². The van der Waals surface area contributed by atoms with Crippen molar-refractivity contribution in [3.8, 4) is 0 Å². The van der Waals surface area contributed by atoms with E-state index in [2.05, 4.69) is 21.3 Å². The van der Waals surface area contributed by atoms with Gasteiger partial charge in [0.25, 0.3) is 0 Å². The molecule has 9 heteroatoms. The number of urea groups is 3. The zero-order valence-electron chi connectivity index (χ0n) is 15.5. The van der Waals surface area contributed by atoms with Crippen molar-refractivity contribution in [2.75, 3.05) is 24.7 Å². The molecule has 6 amide bonds. The normalized spacial score (nSPS) is 18.6. The second kappa shape index (κ2) is 8.30. The van der Waals surface area contributed by atoms with Gasteiger partial charge in [-0.05, 0) is 24.3 Å². The van der Waals surface area contributed by atoms with Gasteiger partial charge in [-0.1, -0.05) is 36.4 Å². The summed E-state index contributed by atoms with van der Waals surface area (Å²) in [6.45, 7) is 0. The lowest BCUT2D eigenvalue weighted by Crippen LogP contribution is -2.57. The minimum absolute atomic E-state index is 0.324. The minimum Gasteiger partial charge on any atom is -0.314 e. The van der Waals surface area contributed by atoms with E-state index < -0.39 is 24.4 Å². The van der Waals surface area contributed by atoms with E-state index in [4.69, 9.17) is 0 Å². The molecule has 0 saturated carbocycles. The second-order valence-corrected chi connectivity index (χ2v) is 6.32. The standard InChI is InChI=1S/C19H22N6O3/c1-24-15(22-17(26)20-13-9-5-3-6-10-13)16(25(2)19(24)28)23-18(27)21-14-11-7-4-8-12-14/h3-12,15-16H,1-2H3,(H2,20,22,26)(H2,21,23,27)/t15-,16-/m0/s1. The second-order valence-electron chi connectivity index (χ2n) is 6.32. The molecule has 0 radical (unpaired) electrons. The molecule has 3 rings (SSSR count). The van der Waals surface area contributed by atoms with Crippen LogP contribution in [0.1, 0.15) is 0 Å². The molecule has 0 bridgehead atoms. The van der Waals surface area contributed by atoms with Gasteiger partial charge in [0, 0.05) is 25.5 Å². The number of amides is 6. The van der Waals surface area contributed by atoms with Gasteiger partial charge in [0.15, 0.2) is 0 Å². The van der Waals surface area contributed by atoms with Gasteiger partial charge in [-0.25, -0.2) is 14.4 Å². The molecule has 2 aromatic carbocycles. The summed E-state index contributed by atoms with van der Waals surface area (Å²) in [5.41, 5.74) is 1.23. The van der Waals surface area contributed by atoms with E-state index in [1.54, 1.807) is 62.6 Å². The number of hydrogen-bond donors (Lipinski definition) is 4. The average Bonchev–Trinajstić information content (AvgIpc) is 2.88. The van der Waals surface area contributed by atoms with Crippen molar-refractivity contribution in [3.63, 3.8) is 0 Å². The van der Waals surface area contributed by atoms with Crippen LogP contribution in [0.25, 0.3) is 0 Å². The van der Waals surface area contributed by atoms with Crippen LogP contribution in [0.3, 0.4) is 0 Å². The largest absolute Gasteiger partial charge is 0.323 e. The lowest BCUT2D eigenvalue weighted by Gasteiger charge is -2.27. The van der Waals surface area contributed by atoms with E-state index in [0.29, 0.717) is 11.4 Å². The molecule has 4 N–H and O–H groups in total. The maximum absolute atomic E-state index is 12.3. The fourth-order valence-electron chi connectivity index (χ4n) is 2.91. The molecule has 9 nitrogen and oxygen atoms in total. The quantitative estimate of drug-likeness (QED) is 0.652. The number of benzene rings is 2. The van der Waals surface area contributed by atoms with Gasteiger partial charge in [-0.3, -0.25) is 0 Å². The average molecular weight is 382 g/mol. The molecule has 0 spiro atoms. The summed E-state index contributed by atoms with van der Waals surface area (Å²) >= 11 is 0. The van der Waals surface area contributed by atoms with Crippen molar-refractivity contribution in [3.05, 3.63) is 60.7 Å². The molecular formula is C19H22N6O3. The molecular weight excluding hydrogens is 360 g/mol. The smallest absolute Gasteiger partial charge is 0.314 e. The predicted molar refractivity (Wildman–Crippen MR) is 106 cm³/mol. The maximum Gasteiger partial charge on any atom is 0.323 e. The Morgan fingerprint density at radius 2 is 1.07 bits per heavy atom. The summed E-state index contributed by atoms with van der Waals surface area (Å²) in [4.78, 5) is 39.7. The Balaban J connectivity index is 1.66. The number of carbonyl (C=O) groups excluding carboxylic acids is 3. The summed E-state index contributed by atoms with van der Waals surface area (Å²) < 4.78 is 0. The van der Waals surface area contributed by atoms with Crippen LogP contribution in [-0.2, 0) is 0 Å². The first-order chi connectivity index (χ1) is 13.5. The van der Waals surface area contributed by atoms with Crippen molar-refractivity contribution >= 4 is 29.5 Å². The summed E-state index contributed by atoms with van der Waals surface area (Å²) in [6.07, 6.45) is -1.49. The fraction of sp³-hybridized carbons (Fsp3) is 0.211. The Bertz CT molecular complexity index is 776. The van der Waals surface area contributed by atoms with Crippen molar-refractivity contribution in [1.82, 2.24) is 20.4 Å². The first-order valence-corrected chi connectivity index (χ1v) is 8.70. The summed E-state index contributed by atoms with van der Waals surface area (Å²) in [5, 5.41) is 10.9. The lowest BCUT2D eigenvalue weighted by molar-refractivity contribution is 0.197. The van der Waals surface area contributed by atoms with Crippen LogP contribution in [0, 0.1) is 0 Å². The van der Waals surface area contributed by atoms with E-state index in [9.17, 15) is 14.4 Å². The molecule has 2 atom stereocenters. The SMILES string of the molecule is CN1C(=O)N(C)[C@H](NC(=O)Nc2ccccc2)[C@H]1NC(=O)Nc1ccccc1. The molecule has 1 aliphatic rings. The van der Waals surface area contributed by atoms with Crippen LogP contribution in [0.15, 0.2) is 60.7 Å². The van der Waals surface area contributed by atoms with Gasteiger partial charge in [0.05, 0.1) is 0 Å². The minimum atomic E-state index is -0.747. The number of nitrogens with zero attached hydrogens (tertiary/aromatic N) is 2. The summed E-state index contributed by atoms with van der Waals surface area (Å²) in [5.74, 6) is 0. The zero-order valence-corrected chi connectivity index (χ0v) is 15.5. The highest BCUT2D eigenvalue weighted by Crippen LogP contribution is 2.17. The van der Waals surface area contributed by atoms with E-state index in [0.717, 1.165) is 0 Å². The van der Waals surface area contributed by atoms with Crippen LogP contribution in [-0.4, -0.2) is 54.3 Å². The van der Waals surface area contributed by atoms with Gasteiger partial charge in [-0.15, -0.1) is 0 Å². The highest BCUT2D eigenvalue weighted by molar-refractivity contribution is 5.92. The Morgan fingerprint density at radius 3 is 1.43 bits per heavy atom. The number of hydrogen-bond acceptors (Lipinski definition) is 3. The van der Waals surface area contributed by atoms with Crippen LogP contribution in [0.4, 0.5) is 25.8 Å². The molecule has 28 heavy (non-hydrogen) atoms. The molecule has 1 aliphatic heterocycles. The number of rotatable bonds is 4. The number of likely N-dealkylation sites (N-methyl/N-ethyl adjacent to an activating group) is 2. The molecule has 1 fully saturated rings. The highest BCUT2D eigenvalue weighted by atomic mass is 16.2. The third-order valence-electron chi connectivity index (χ3n) is 4.36.